The molecule has 1 amide bonds. The van der Waals surface area contributed by atoms with Crippen molar-refractivity contribution < 1.29 is 4.79 Å². The average molecular weight is 456 g/mol. The molecule has 5 rings (SSSR count). The van der Waals surface area contributed by atoms with Crippen molar-refractivity contribution in [2.24, 2.45) is 11.3 Å². The van der Waals surface area contributed by atoms with Gasteiger partial charge in [0.05, 0.1) is 0 Å². The minimum absolute atomic E-state index is 0.256. The van der Waals surface area contributed by atoms with Crippen LogP contribution in [0.2, 0.25) is 0 Å². The lowest BCUT2D eigenvalue weighted by Gasteiger charge is -2.50. The van der Waals surface area contributed by atoms with Gasteiger partial charge in [0.1, 0.15) is 6.54 Å². The lowest BCUT2D eigenvalue weighted by atomic mass is 9.65. The van der Waals surface area contributed by atoms with E-state index in [1.165, 1.54) is 63.9 Å². The van der Waals surface area contributed by atoms with Crippen LogP contribution >= 0.6 is 0 Å². The van der Waals surface area contributed by atoms with E-state index < -0.39 is 0 Å². The predicted molar refractivity (Wildman–Crippen MR) is 132 cm³/mol. The number of nitrogens with zero attached hydrogens (tertiary/aromatic N) is 5. The van der Waals surface area contributed by atoms with Crippen LogP contribution in [-0.2, 0) is 17.8 Å². The minimum Gasteiger partial charge on any atom is -0.338 e. The van der Waals surface area contributed by atoms with Crippen molar-refractivity contribution in [1.29, 1.82) is 0 Å². The molecule has 1 aromatic rings. The van der Waals surface area contributed by atoms with Crippen LogP contribution in [0.25, 0.3) is 0 Å². The van der Waals surface area contributed by atoms with Crippen molar-refractivity contribution in [3.05, 3.63) is 18.0 Å². The van der Waals surface area contributed by atoms with Crippen LogP contribution in [0.4, 0.5) is 0 Å². The smallest absolute Gasteiger partial charge is 0.244 e. The summed E-state index contributed by atoms with van der Waals surface area (Å²) in [4.78, 5) is 20.4. The predicted octanol–water partition coefficient (Wildman–Crippen LogP) is 3.80. The number of rotatable bonds is 3. The molecule has 33 heavy (non-hydrogen) atoms. The highest BCUT2D eigenvalue weighted by atomic mass is 16.2. The average Bonchev–Trinajstić information content (AvgIpc) is 3.17. The van der Waals surface area contributed by atoms with Crippen LogP contribution in [0.3, 0.4) is 0 Å². The van der Waals surface area contributed by atoms with E-state index in [0.29, 0.717) is 23.5 Å². The highest BCUT2D eigenvalue weighted by molar-refractivity contribution is 5.76. The van der Waals surface area contributed by atoms with Gasteiger partial charge in [-0.1, -0.05) is 0 Å². The third-order valence-electron chi connectivity index (χ3n) is 9.47. The van der Waals surface area contributed by atoms with Crippen LogP contribution < -0.4 is 0 Å². The second-order valence-electron chi connectivity index (χ2n) is 12.5. The fourth-order valence-electron chi connectivity index (χ4n) is 7.08. The molecule has 3 aliphatic heterocycles. The first-order chi connectivity index (χ1) is 15.8. The largest absolute Gasteiger partial charge is 0.338 e. The van der Waals surface area contributed by atoms with E-state index in [2.05, 4.69) is 46.6 Å². The monoisotopic (exact) mass is 455 g/mol. The van der Waals surface area contributed by atoms with Gasteiger partial charge >= 0.3 is 0 Å². The third kappa shape index (κ3) is 5.17. The van der Waals surface area contributed by atoms with Gasteiger partial charge in [0, 0.05) is 56.1 Å². The summed E-state index contributed by atoms with van der Waals surface area (Å²) in [5.74, 6) is 1.13. The molecule has 2 saturated heterocycles. The molecule has 0 radical (unpaired) electrons. The summed E-state index contributed by atoms with van der Waals surface area (Å²) in [6.45, 7) is 14.5. The molecular formula is C27H45N5O. The molecule has 1 aromatic heterocycles. The SMILES string of the molecule is CC(C)(C)N1CCC2(CCC(CN3CCC(N4CCc5ccnn5CC4=O)CC3)CC2)CC1. The van der Waals surface area contributed by atoms with Crippen LogP contribution in [0.15, 0.2) is 12.3 Å². The summed E-state index contributed by atoms with van der Waals surface area (Å²) in [5, 5.41) is 4.33. The molecule has 3 fully saturated rings. The molecule has 6 heteroatoms. The number of amides is 1. The Hall–Kier alpha value is -1.40. The Morgan fingerprint density at radius 1 is 0.970 bits per heavy atom. The van der Waals surface area contributed by atoms with Gasteiger partial charge in [0.15, 0.2) is 0 Å². The molecule has 0 aromatic carbocycles. The van der Waals surface area contributed by atoms with Crippen LogP contribution in [0.1, 0.15) is 77.8 Å². The van der Waals surface area contributed by atoms with Gasteiger partial charge in [0.25, 0.3) is 0 Å². The lowest BCUT2D eigenvalue weighted by molar-refractivity contribution is -0.134. The van der Waals surface area contributed by atoms with E-state index in [1.807, 2.05) is 10.9 Å². The topological polar surface area (TPSA) is 44.6 Å². The Labute approximate surface area is 200 Å². The molecule has 4 heterocycles. The molecule has 0 bridgehead atoms. The van der Waals surface area contributed by atoms with Crippen LogP contribution in [0.5, 0.6) is 0 Å². The molecule has 0 unspecified atom stereocenters. The maximum absolute atomic E-state index is 12.8. The Kier molecular flexibility index (Phi) is 6.60. The quantitative estimate of drug-likeness (QED) is 0.695. The van der Waals surface area contributed by atoms with Gasteiger partial charge in [-0.05, 0) is 103 Å². The maximum atomic E-state index is 12.8. The van der Waals surface area contributed by atoms with Gasteiger partial charge in [-0.15, -0.1) is 0 Å². The Morgan fingerprint density at radius 3 is 2.33 bits per heavy atom. The second-order valence-corrected chi connectivity index (χ2v) is 12.5. The highest BCUT2D eigenvalue weighted by Gasteiger charge is 2.40. The number of aromatic nitrogens is 2. The van der Waals surface area contributed by atoms with Gasteiger partial charge in [-0.3, -0.25) is 14.4 Å². The van der Waals surface area contributed by atoms with Crippen molar-refractivity contribution in [1.82, 2.24) is 24.5 Å². The summed E-state index contributed by atoms with van der Waals surface area (Å²) in [6.07, 6.45) is 13.6. The van der Waals surface area contributed by atoms with Gasteiger partial charge in [-0.2, -0.15) is 5.10 Å². The van der Waals surface area contributed by atoms with E-state index in [0.717, 1.165) is 44.8 Å². The first-order valence-corrected chi connectivity index (χ1v) is 13.6. The van der Waals surface area contributed by atoms with E-state index in [-0.39, 0.29) is 5.91 Å². The lowest BCUT2D eigenvalue weighted by Crippen LogP contribution is -2.50. The van der Waals surface area contributed by atoms with Crippen molar-refractivity contribution >= 4 is 5.91 Å². The highest BCUT2D eigenvalue weighted by Crippen LogP contribution is 2.47. The summed E-state index contributed by atoms with van der Waals surface area (Å²) in [5.41, 5.74) is 2.17. The van der Waals surface area contributed by atoms with Crippen molar-refractivity contribution in [2.45, 2.75) is 96.7 Å². The number of hydrogen-bond donors (Lipinski definition) is 0. The number of fused-ring (bicyclic) bond motifs is 1. The fraction of sp³-hybridized carbons (Fsp3) is 0.852. The van der Waals surface area contributed by atoms with Crippen molar-refractivity contribution in [2.75, 3.05) is 39.3 Å². The Bertz CT molecular complexity index is 801. The minimum atomic E-state index is 0.256. The van der Waals surface area contributed by atoms with E-state index >= 15 is 0 Å². The zero-order valence-corrected chi connectivity index (χ0v) is 21.3. The number of carbonyl (C=O) groups is 1. The van der Waals surface area contributed by atoms with Crippen LogP contribution in [-0.4, -0.2) is 81.2 Å². The summed E-state index contributed by atoms with van der Waals surface area (Å²) >= 11 is 0. The maximum Gasteiger partial charge on any atom is 0.244 e. The molecule has 1 aliphatic carbocycles. The molecule has 1 spiro atoms. The molecular weight excluding hydrogens is 410 g/mol. The molecule has 0 atom stereocenters. The van der Waals surface area contributed by atoms with Gasteiger partial charge in [-0.25, -0.2) is 0 Å². The third-order valence-corrected chi connectivity index (χ3v) is 9.47. The summed E-state index contributed by atoms with van der Waals surface area (Å²) < 4.78 is 1.89. The normalized spacial score (nSPS) is 26.5. The molecule has 6 nitrogen and oxygen atoms in total. The molecule has 1 saturated carbocycles. The fourth-order valence-corrected chi connectivity index (χ4v) is 7.08. The number of likely N-dealkylation sites (tertiary alicyclic amines) is 2. The van der Waals surface area contributed by atoms with E-state index in [4.69, 9.17) is 0 Å². The van der Waals surface area contributed by atoms with Crippen molar-refractivity contribution in [3.8, 4) is 0 Å². The Morgan fingerprint density at radius 2 is 1.67 bits per heavy atom. The van der Waals surface area contributed by atoms with E-state index in [9.17, 15) is 4.79 Å². The number of hydrogen-bond acceptors (Lipinski definition) is 4. The number of carbonyl (C=O) groups excluding carboxylic acids is 1. The molecule has 184 valence electrons. The summed E-state index contributed by atoms with van der Waals surface area (Å²) in [7, 11) is 0. The van der Waals surface area contributed by atoms with Gasteiger partial charge < -0.3 is 9.80 Å². The summed E-state index contributed by atoms with van der Waals surface area (Å²) in [6, 6.07) is 2.47. The van der Waals surface area contributed by atoms with Crippen LogP contribution in [0, 0.1) is 11.3 Å². The van der Waals surface area contributed by atoms with E-state index in [1.54, 1.807) is 0 Å². The standard InChI is InChI=1S/C27H45N5O/c1-26(2,3)30-18-12-27(13-19-30)10-4-22(5-11-27)20-29-15-7-23(8-16-29)31-17-9-24-6-14-28-32(24)21-25(31)33/h6,14,22-23H,4-5,7-13,15-21H2,1-3H3. The van der Waals surface area contributed by atoms with Crippen molar-refractivity contribution in [3.63, 3.8) is 0 Å². The Balaban J connectivity index is 1.05. The number of piperidine rings is 2. The zero-order chi connectivity index (χ0) is 23.1. The molecule has 0 N–H and O–H groups in total. The second kappa shape index (κ2) is 9.33. The molecule has 4 aliphatic rings. The zero-order valence-electron chi connectivity index (χ0n) is 21.3. The first kappa shape index (κ1) is 23.3. The first-order valence-electron chi connectivity index (χ1n) is 13.6. The van der Waals surface area contributed by atoms with Gasteiger partial charge in [0.2, 0.25) is 5.91 Å².